The minimum absolute atomic E-state index is 0.0889. The number of rotatable bonds is 5. The summed E-state index contributed by atoms with van der Waals surface area (Å²) in [5, 5.41) is 7.19. The lowest BCUT2D eigenvalue weighted by atomic mass is 10.1. The second-order valence-electron chi connectivity index (χ2n) is 6.53. The number of pyridine rings is 2. The summed E-state index contributed by atoms with van der Waals surface area (Å²) in [6.07, 6.45) is 4.78. The van der Waals surface area contributed by atoms with Crippen molar-refractivity contribution in [2.45, 2.75) is 26.9 Å². The number of carbonyl (C=O) groups excluding carboxylic acids is 1. The van der Waals surface area contributed by atoms with Gasteiger partial charge in [0.15, 0.2) is 0 Å². The Morgan fingerprint density at radius 2 is 2.03 bits per heavy atom. The summed E-state index contributed by atoms with van der Waals surface area (Å²) in [5.74, 6) is -0.443. The molecule has 29 heavy (non-hydrogen) atoms. The Kier molecular flexibility index (Phi) is 5.18. The highest BCUT2D eigenvalue weighted by molar-refractivity contribution is 7.08. The molecule has 4 aromatic rings. The predicted molar refractivity (Wildman–Crippen MR) is 113 cm³/mol. The number of carbonyl (C=O) groups is 1. The van der Waals surface area contributed by atoms with Crippen molar-refractivity contribution in [1.82, 2.24) is 24.8 Å². The Morgan fingerprint density at radius 1 is 1.21 bits per heavy atom. The van der Waals surface area contributed by atoms with Crippen LogP contribution in [0.3, 0.4) is 0 Å². The first-order valence-electron chi connectivity index (χ1n) is 9.20. The van der Waals surface area contributed by atoms with Crippen LogP contribution in [0.5, 0.6) is 0 Å². The normalized spacial score (nSPS) is 11.0. The molecule has 0 spiro atoms. The molecule has 7 nitrogen and oxygen atoms in total. The van der Waals surface area contributed by atoms with Crippen LogP contribution in [0.15, 0.2) is 52.3 Å². The van der Waals surface area contributed by atoms with E-state index in [4.69, 9.17) is 0 Å². The zero-order valence-electron chi connectivity index (χ0n) is 16.0. The SMILES string of the molecule is CCn1cc(C(=O)NCc2nccnc2-c2ccsc2)c(=O)c2ccc(C)nc21. The Bertz CT molecular complexity index is 1250. The van der Waals surface area contributed by atoms with Crippen molar-refractivity contribution in [1.29, 1.82) is 0 Å². The first-order valence-corrected chi connectivity index (χ1v) is 10.1. The fourth-order valence-corrected chi connectivity index (χ4v) is 3.80. The van der Waals surface area contributed by atoms with Gasteiger partial charge in [-0.05, 0) is 37.4 Å². The third kappa shape index (κ3) is 3.66. The van der Waals surface area contributed by atoms with E-state index in [0.717, 1.165) is 17.0 Å². The highest BCUT2D eigenvalue weighted by atomic mass is 32.1. The minimum Gasteiger partial charge on any atom is -0.346 e. The summed E-state index contributed by atoms with van der Waals surface area (Å²) in [7, 11) is 0. The maximum atomic E-state index is 12.9. The lowest BCUT2D eigenvalue weighted by Crippen LogP contribution is -2.30. The van der Waals surface area contributed by atoms with Crippen LogP contribution in [0.4, 0.5) is 0 Å². The summed E-state index contributed by atoms with van der Waals surface area (Å²) < 4.78 is 1.82. The van der Waals surface area contributed by atoms with Crippen molar-refractivity contribution >= 4 is 28.3 Å². The van der Waals surface area contributed by atoms with Crippen LogP contribution in [-0.4, -0.2) is 25.4 Å². The summed E-state index contributed by atoms with van der Waals surface area (Å²) in [4.78, 5) is 38.9. The zero-order valence-corrected chi connectivity index (χ0v) is 16.9. The van der Waals surface area contributed by atoms with E-state index in [-0.39, 0.29) is 17.5 Å². The van der Waals surface area contributed by atoms with Gasteiger partial charge in [-0.25, -0.2) is 4.98 Å². The molecule has 0 saturated carbocycles. The van der Waals surface area contributed by atoms with Crippen molar-refractivity contribution in [2.24, 2.45) is 0 Å². The van der Waals surface area contributed by atoms with Crippen molar-refractivity contribution in [3.05, 3.63) is 74.7 Å². The molecule has 4 rings (SSSR count). The van der Waals surface area contributed by atoms with Crippen molar-refractivity contribution < 1.29 is 4.79 Å². The smallest absolute Gasteiger partial charge is 0.257 e. The van der Waals surface area contributed by atoms with Crippen LogP contribution in [-0.2, 0) is 13.1 Å². The van der Waals surface area contributed by atoms with Gasteiger partial charge in [0.25, 0.3) is 5.91 Å². The molecule has 0 unspecified atom stereocenters. The molecule has 146 valence electrons. The maximum absolute atomic E-state index is 12.9. The standard InChI is InChI=1S/C21H19N5O2S/c1-3-26-11-16(19(27)15-5-4-13(2)25-20(15)26)21(28)24-10-17-18(23-8-7-22-17)14-6-9-29-12-14/h4-9,11-12H,3,10H2,1-2H3,(H,24,28). The Balaban J connectivity index is 1.65. The molecule has 0 aliphatic carbocycles. The second-order valence-corrected chi connectivity index (χ2v) is 7.31. The minimum atomic E-state index is -0.443. The first kappa shape index (κ1) is 18.9. The van der Waals surface area contributed by atoms with Gasteiger partial charge in [0, 0.05) is 41.8 Å². The third-order valence-electron chi connectivity index (χ3n) is 4.63. The number of thiophene rings is 1. The van der Waals surface area contributed by atoms with Crippen molar-refractivity contribution in [2.75, 3.05) is 0 Å². The fourth-order valence-electron chi connectivity index (χ4n) is 3.16. The maximum Gasteiger partial charge on any atom is 0.257 e. The van der Waals surface area contributed by atoms with Crippen molar-refractivity contribution in [3.63, 3.8) is 0 Å². The van der Waals surface area contributed by atoms with Crippen LogP contribution < -0.4 is 10.7 Å². The summed E-state index contributed by atoms with van der Waals surface area (Å²) in [6.45, 7) is 4.59. The van der Waals surface area contributed by atoms with Gasteiger partial charge in [0.1, 0.15) is 11.2 Å². The number of hydrogen-bond acceptors (Lipinski definition) is 6. The van der Waals surface area contributed by atoms with Gasteiger partial charge in [-0.15, -0.1) is 0 Å². The van der Waals surface area contributed by atoms with E-state index in [0.29, 0.717) is 23.3 Å². The number of nitrogens with zero attached hydrogens (tertiary/aromatic N) is 4. The van der Waals surface area contributed by atoms with Gasteiger partial charge in [0.2, 0.25) is 5.43 Å². The largest absolute Gasteiger partial charge is 0.346 e. The highest BCUT2D eigenvalue weighted by Crippen LogP contribution is 2.22. The molecule has 0 aliphatic rings. The molecule has 0 radical (unpaired) electrons. The molecule has 1 amide bonds. The first-order chi connectivity index (χ1) is 14.1. The number of hydrogen-bond donors (Lipinski definition) is 1. The van der Waals surface area contributed by atoms with E-state index in [9.17, 15) is 9.59 Å². The van der Waals surface area contributed by atoms with Gasteiger partial charge in [-0.2, -0.15) is 11.3 Å². The van der Waals surface area contributed by atoms with Crippen LogP contribution >= 0.6 is 11.3 Å². The Labute approximate surface area is 171 Å². The zero-order chi connectivity index (χ0) is 20.4. The molecule has 0 atom stereocenters. The van der Waals surface area contributed by atoms with Gasteiger partial charge in [0.05, 0.1) is 23.3 Å². The van der Waals surface area contributed by atoms with Crippen LogP contribution in [0.1, 0.15) is 28.7 Å². The van der Waals surface area contributed by atoms with E-state index in [1.165, 1.54) is 0 Å². The fraction of sp³-hybridized carbons (Fsp3) is 0.190. The molecule has 0 fully saturated rings. The molecular formula is C21H19N5O2S. The molecule has 8 heteroatoms. The van der Waals surface area contributed by atoms with Gasteiger partial charge in [-0.1, -0.05) is 0 Å². The topological polar surface area (TPSA) is 89.8 Å². The van der Waals surface area contributed by atoms with Crippen molar-refractivity contribution in [3.8, 4) is 11.3 Å². The Morgan fingerprint density at radius 3 is 2.79 bits per heavy atom. The van der Waals surface area contributed by atoms with Crippen LogP contribution in [0.25, 0.3) is 22.3 Å². The quantitative estimate of drug-likeness (QED) is 0.551. The van der Waals surface area contributed by atoms with Crippen LogP contribution in [0.2, 0.25) is 0 Å². The molecule has 4 aromatic heterocycles. The number of aromatic nitrogens is 4. The van der Waals surface area contributed by atoms with E-state index < -0.39 is 5.91 Å². The van der Waals surface area contributed by atoms with E-state index >= 15 is 0 Å². The lowest BCUT2D eigenvalue weighted by Gasteiger charge is -2.12. The molecule has 0 aliphatic heterocycles. The number of fused-ring (bicyclic) bond motifs is 1. The van der Waals surface area contributed by atoms with E-state index in [1.807, 2.05) is 35.2 Å². The molecular weight excluding hydrogens is 386 g/mol. The second kappa shape index (κ2) is 7.92. The summed E-state index contributed by atoms with van der Waals surface area (Å²) >= 11 is 1.57. The predicted octanol–water partition coefficient (Wildman–Crippen LogP) is 3.17. The molecule has 0 aromatic carbocycles. The average molecular weight is 405 g/mol. The number of aryl methyl sites for hydroxylation is 2. The molecule has 0 saturated heterocycles. The molecule has 1 N–H and O–H groups in total. The third-order valence-corrected chi connectivity index (χ3v) is 5.31. The monoisotopic (exact) mass is 405 g/mol. The lowest BCUT2D eigenvalue weighted by molar-refractivity contribution is 0.0949. The van der Waals surface area contributed by atoms with Crippen LogP contribution in [0, 0.1) is 6.92 Å². The molecule has 0 bridgehead atoms. The highest BCUT2D eigenvalue weighted by Gasteiger charge is 2.17. The Hall–Kier alpha value is -3.39. The molecule has 4 heterocycles. The van der Waals surface area contributed by atoms with Gasteiger partial charge >= 0.3 is 0 Å². The van der Waals surface area contributed by atoms with E-state index in [1.54, 1.807) is 42.1 Å². The summed E-state index contributed by atoms with van der Waals surface area (Å²) in [5.41, 5.74) is 3.49. The number of nitrogens with one attached hydrogen (secondary N) is 1. The van der Waals surface area contributed by atoms with Gasteiger partial charge in [-0.3, -0.25) is 19.6 Å². The van der Waals surface area contributed by atoms with Gasteiger partial charge < -0.3 is 9.88 Å². The van der Waals surface area contributed by atoms with E-state index in [2.05, 4.69) is 20.3 Å². The number of amides is 1. The summed E-state index contributed by atoms with van der Waals surface area (Å²) in [6, 6.07) is 5.45. The average Bonchev–Trinajstić information content (AvgIpc) is 3.27.